The first kappa shape index (κ1) is 13.9. The van der Waals surface area contributed by atoms with Gasteiger partial charge in [0, 0.05) is 5.69 Å². The van der Waals surface area contributed by atoms with Crippen LogP contribution < -0.4 is 21.7 Å². The van der Waals surface area contributed by atoms with Crippen molar-refractivity contribution >= 4 is 29.1 Å². The zero-order valence-electron chi connectivity index (χ0n) is 11.1. The molecule has 106 valence electrons. The van der Waals surface area contributed by atoms with Crippen LogP contribution >= 0.6 is 0 Å². The second kappa shape index (κ2) is 5.20. The van der Waals surface area contributed by atoms with Gasteiger partial charge in [-0.2, -0.15) is 0 Å². The summed E-state index contributed by atoms with van der Waals surface area (Å²) < 4.78 is 0. The van der Waals surface area contributed by atoms with E-state index in [0.29, 0.717) is 17.8 Å². The molecule has 1 saturated heterocycles. The Morgan fingerprint density at radius 3 is 2.75 bits per heavy atom. The Kier molecular flexibility index (Phi) is 3.60. The van der Waals surface area contributed by atoms with Crippen LogP contribution in [0.1, 0.15) is 23.7 Å². The van der Waals surface area contributed by atoms with Gasteiger partial charge in [-0.05, 0) is 24.6 Å². The lowest BCUT2D eigenvalue weighted by molar-refractivity contribution is -0.132. The van der Waals surface area contributed by atoms with Crippen molar-refractivity contribution in [3.63, 3.8) is 0 Å². The van der Waals surface area contributed by atoms with E-state index < -0.39 is 17.9 Å². The molecule has 0 aliphatic carbocycles. The molecule has 2 rings (SSSR count). The predicted molar refractivity (Wildman–Crippen MR) is 73.9 cm³/mol. The predicted octanol–water partition coefficient (Wildman–Crippen LogP) is -0.391. The number of rotatable bonds is 3. The number of nitrogens with one attached hydrogen (secondary N) is 1. The SMILES string of the molecule is CCC1C(=O)NC(=O)CN1c1ccc(N)cc1C(N)=O. The van der Waals surface area contributed by atoms with Crippen LogP contribution in [0.15, 0.2) is 18.2 Å². The summed E-state index contributed by atoms with van der Waals surface area (Å²) in [5.74, 6) is -1.44. The number of carbonyl (C=O) groups is 3. The zero-order valence-corrected chi connectivity index (χ0v) is 11.1. The summed E-state index contributed by atoms with van der Waals surface area (Å²) in [5.41, 5.74) is 12.0. The fraction of sp³-hybridized carbons (Fsp3) is 0.308. The fourth-order valence-corrected chi connectivity index (χ4v) is 2.33. The molecule has 0 bridgehead atoms. The number of benzene rings is 1. The normalized spacial score (nSPS) is 18.9. The average molecular weight is 276 g/mol. The topological polar surface area (TPSA) is 119 Å². The van der Waals surface area contributed by atoms with E-state index in [9.17, 15) is 14.4 Å². The van der Waals surface area contributed by atoms with Gasteiger partial charge in [-0.3, -0.25) is 19.7 Å². The molecule has 20 heavy (non-hydrogen) atoms. The number of carbonyl (C=O) groups excluding carboxylic acids is 3. The fourth-order valence-electron chi connectivity index (χ4n) is 2.33. The molecule has 1 aliphatic heterocycles. The molecule has 1 atom stereocenters. The highest BCUT2D eigenvalue weighted by Gasteiger charge is 2.34. The lowest BCUT2D eigenvalue weighted by Gasteiger charge is -2.36. The van der Waals surface area contributed by atoms with Crippen LogP contribution in [0, 0.1) is 0 Å². The first-order chi connectivity index (χ1) is 9.43. The molecule has 1 aromatic rings. The number of nitrogens with two attached hydrogens (primary N) is 2. The third-order valence-corrected chi connectivity index (χ3v) is 3.24. The number of hydrogen-bond donors (Lipinski definition) is 3. The molecule has 7 heteroatoms. The van der Waals surface area contributed by atoms with E-state index >= 15 is 0 Å². The Balaban J connectivity index is 2.50. The lowest BCUT2D eigenvalue weighted by atomic mass is 10.0. The highest BCUT2D eigenvalue weighted by Crippen LogP contribution is 2.26. The molecule has 0 aromatic heterocycles. The van der Waals surface area contributed by atoms with E-state index in [1.165, 1.54) is 6.07 Å². The summed E-state index contributed by atoms with van der Waals surface area (Å²) >= 11 is 0. The number of hydrogen-bond acceptors (Lipinski definition) is 5. The second-order valence-electron chi connectivity index (χ2n) is 4.61. The lowest BCUT2D eigenvalue weighted by Crippen LogP contribution is -2.58. The van der Waals surface area contributed by atoms with Crippen LogP contribution in [0.5, 0.6) is 0 Å². The molecular weight excluding hydrogens is 260 g/mol. The first-order valence-corrected chi connectivity index (χ1v) is 6.23. The van der Waals surface area contributed by atoms with Crippen molar-refractivity contribution in [2.45, 2.75) is 19.4 Å². The molecule has 7 nitrogen and oxygen atoms in total. The highest BCUT2D eigenvalue weighted by atomic mass is 16.2. The van der Waals surface area contributed by atoms with Crippen molar-refractivity contribution in [1.29, 1.82) is 0 Å². The number of piperazine rings is 1. The standard InChI is InChI=1S/C13H16N4O3/c1-2-9-13(20)16-11(18)6-17(9)10-4-3-7(14)5-8(10)12(15)19/h3-5,9H,2,6,14H2,1H3,(H2,15,19)(H,16,18,20). The Labute approximate surface area is 115 Å². The maximum absolute atomic E-state index is 11.9. The zero-order chi connectivity index (χ0) is 14.9. The van der Waals surface area contributed by atoms with Gasteiger partial charge in [0.1, 0.15) is 6.04 Å². The molecule has 3 amide bonds. The first-order valence-electron chi connectivity index (χ1n) is 6.23. The minimum absolute atomic E-state index is 0.00551. The van der Waals surface area contributed by atoms with Crippen molar-refractivity contribution in [1.82, 2.24) is 5.32 Å². The third kappa shape index (κ3) is 2.42. The highest BCUT2D eigenvalue weighted by molar-refractivity contribution is 6.07. The van der Waals surface area contributed by atoms with Crippen LogP contribution in [0.3, 0.4) is 0 Å². The quantitative estimate of drug-likeness (QED) is 0.513. The van der Waals surface area contributed by atoms with Crippen LogP contribution in [0.4, 0.5) is 11.4 Å². The smallest absolute Gasteiger partial charge is 0.250 e. The number of nitrogens with zero attached hydrogens (tertiary/aromatic N) is 1. The van der Waals surface area contributed by atoms with Gasteiger partial charge >= 0.3 is 0 Å². The van der Waals surface area contributed by atoms with E-state index in [2.05, 4.69) is 5.32 Å². The van der Waals surface area contributed by atoms with E-state index in [0.717, 1.165) is 0 Å². The minimum atomic E-state index is -0.652. The van der Waals surface area contributed by atoms with Crippen molar-refractivity contribution in [3.05, 3.63) is 23.8 Å². The number of nitrogen functional groups attached to an aromatic ring is 1. The molecule has 1 unspecified atom stereocenters. The number of imide groups is 1. The largest absolute Gasteiger partial charge is 0.399 e. The number of primary amides is 1. The average Bonchev–Trinajstić information content (AvgIpc) is 2.37. The van der Waals surface area contributed by atoms with E-state index in [-0.39, 0.29) is 18.0 Å². The summed E-state index contributed by atoms with van der Waals surface area (Å²) in [6.45, 7) is 1.82. The Morgan fingerprint density at radius 1 is 1.45 bits per heavy atom. The summed E-state index contributed by atoms with van der Waals surface area (Å²) in [6, 6.07) is 4.13. The van der Waals surface area contributed by atoms with Crippen LogP contribution in [0.25, 0.3) is 0 Å². The van der Waals surface area contributed by atoms with Gasteiger partial charge in [0.2, 0.25) is 11.8 Å². The van der Waals surface area contributed by atoms with E-state index in [1.807, 2.05) is 6.92 Å². The van der Waals surface area contributed by atoms with Gasteiger partial charge in [0.05, 0.1) is 17.8 Å². The van der Waals surface area contributed by atoms with E-state index in [1.54, 1.807) is 17.0 Å². The molecular formula is C13H16N4O3. The van der Waals surface area contributed by atoms with Crippen molar-refractivity contribution in [2.75, 3.05) is 17.2 Å². The van der Waals surface area contributed by atoms with Crippen LogP contribution in [-0.4, -0.2) is 30.3 Å². The molecule has 1 heterocycles. The summed E-state index contributed by atoms with van der Waals surface area (Å²) in [4.78, 5) is 36.5. The van der Waals surface area contributed by atoms with Gasteiger partial charge in [-0.25, -0.2) is 0 Å². The monoisotopic (exact) mass is 276 g/mol. The summed E-state index contributed by atoms with van der Waals surface area (Å²) in [6.07, 6.45) is 0.502. The Bertz CT molecular complexity index is 585. The van der Waals surface area contributed by atoms with Crippen molar-refractivity contribution in [3.8, 4) is 0 Å². The third-order valence-electron chi connectivity index (χ3n) is 3.24. The van der Waals surface area contributed by atoms with Gasteiger partial charge in [-0.15, -0.1) is 0 Å². The van der Waals surface area contributed by atoms with Gasteiger partial charge in [-0.1, -0.05) is 6.92 Å². The summed E-state index contributed by atoms with van der Waals surface area (Å²) in [7, 11) is 0. The number of anilines is 2. The maximum Gasteiger partial charge on any atom is 0.250 e. The molecule has 1 fully saturated rings. The Hall–Kier alpha value is -2.57. The molecule has 1 aromatic carbocycles. The molecule has 0 spiro atoms. The van der Waals surface area contributed by atoms with Crippen LogP contribution in [0.2, 0.25) is 0 Å². The number of amides is 3. The molecule has 5 N–H and O–H groups in total. The maximum atomic E-state index is 11.9. The minimum Gasteiger partial charge on any atom is -0.399 e. The van der Waals surface area contributed by atoms with Crippen molar-refractivity contribution in [2.24, 2.45) is 5.73 Å². The van der Waals surface area contributed by atoms with E-state index in [4.69, 9.17) is 11.5 Å². The van der Waals surface area contributed by atoms with Crippen LogP contribution in [-0.2, 0) is 9.59 Å². The molecule has 0 saturated carbocycles. The van der Waals surface area contributed by atoms with Gasteiger partial charge in [0.25, 0.3) is 5.91 Å². The molecule has 1 aliphatic rings. The second-order valence-corrected chi connectivity index (χ2v) is 4.61. The molecule has 0 radical (unpaired) electrons. The van der Waals surface area contributed by atoms with Gasteiger partial charge in [0.15, 0.2) is 0 Å². The summed E-state index contributed by atoms with van der Waals surface area (Å²) in [5, 5.41) is 2.28. The Morgan fingerprint density at radius 2 is 2.15 bits per heavy atom. The van der Waals surface area contributed by atoms with Crippen molar-refractivity contribution < 1.29 is 14.4 Å². The van der Waals surface area contributed by atoms with Gasteiger partial charge < -0.3 is 16.4 Å².